The van der Waals surface area contributed by atoms with Gasteiger partial charge >= 0.3 is 11.8 Å². The number of ether oxygens (including phenoxy) is 1. The molecule has 122 valence electrons. The van der Waals surface area contributed by atoms with Gasteiger partial charge in [-0.3, -0.25) is 19.2 Å². The molecule has 0 bridgehead atoms. The Morgan fingerprint density at radius 3 is 2.17 bits per heavy atom. The van der Waals surface area contributed by atoms with Gasteiger partial charge in [0.15, 0.2) is 0 Å². The molecule has 0 amide bonds. The lowest BCUT2D eigenvalue weighted by Gasteiger charge is -2.11. The normalized spacial score (nSPS) is 10.3. The van der Waals surface area contributed by atoms with Gasteiger partial charge in [0.05, 0.1) is 6.61 Å². The lowest BCUT2D eigenvalue weighted by Crippen LogP contribution is -2.36. The van der Waals surface area contributed by atoms with Gasteiger partial charge in [-0.2, -0.15) is 0 Å². The summed E-state index contributed by atoms with van der Waals surface area (Å²) in [6.07, 6.45) is 0. The molecule has 0 aliphatic carbocycles. The van der Waals surface area contributed by atoms with Crippen LogP contribution < -0.4 is 0 Å². The third kappa shape index (κ3) is 4.41. The van der Waals surface area contributed by atoms with E-state index in [1.54, 1.807) is 12.1 Å². The predicted octanol–water partition coefficient (Wildman–Crippen LogP) is 2.03. The number of hydrogen-bond acceptors (Lipinski definition) is 6. The Hall–Kier alpha value is -2.15. The summed E-state index contributed by atoms with van der Waals surface area (Å²) in [5.74, 6) is -7.54. The maximum absolute atomic E-state index is 12.2. The maximum Gasteiger partial charge on any atom is 0.383 e. The standard InChI is InChI=1S/C16H15BrO6/c1-4-23-16(22)15(21)14(20)13(19)12(18)10-6-5-9(17)7-11(10)8(2)3/h5-8H,4H2,1-3H3. The van der Waals surface area contributed by atoms with E-state index in [-0.39, 0.29) is 18.1 Å². The first-order valence-electron chi connectivity index (χ1n) is 6.84. The highest BCUT2D eigenvalue weighted by molar-refractivity contribution is 9.10. The summed E-state index contributed by atoms with van der Waals surface area (Å²) < 4.78 is 5.07. The Morgan fingerprint density at radius 2 is 1.65 bits per heavy atom. The van der Waals surface area contributed by atoms with Gasteiger partial charge in [0.2, 0.25) is 5.78 Å². The van der Waals surface area contributed by atoms with Gasteiger partial charge in [0.25, 0.3) is 11.6 Å². The maximum atomic E-state index is 12.2. The van der Waals surface area contributed by atoms with Gasteiger partial charge in [0.1, 0.15) is 0 Å². The van der Waals surface area contributed by atoms with E-state index in [1.165, 1.54) is 13.0 Å². The average Bonchev–Trinajstić information content (AvgIpc) is 2.52. The molecular formula is C16H15BrO6. The molecule has 0 heterocycles. The molecule has 6 nitrogen and oxygen atoms in total. The van der Waals surface area contributed by atoms with Gasteiger partial charge < -0.3 is 4.74 Å². The number of esters is 1. The molecule has 0 aliphatic rings. The molecule has 0 atom stereocenters. The summed E-state index contributed by atoms with van der Waals surface area (Å²) in [6.45, 7) is 4.95. The molecule has 0 saturated heterocycles. The van der Waals surface area contributed by atoms with Crippen molar-refractivity contribution in [1.29, 1.82) is 0 Å². The largest absolute Gasteiger partial charge is 0.460 e. The Balaban J connectivity index is 3.11. The van der Waals surface area contributed by atoms with Gasteiger partial charge in [-0.15, -0.1) is 0 Å². The zero-order valence-electron chi connectivity index (χ0n) is 12.8. The minimum Gasteiger partial charge on any atom is -0.460 e. The monoisotopic (exact) mass is 382 g/mol. The quantitative estimate of drug-likeness (QED) is 0.310. The van der Waals surface area contributed by atoms with Crippen molar-refractivity contribution in [2.75, 3.05) is 6.61 Å². The summed E-state index contributed by atoms with van der Waals surface area (Å²) in [4.78, 5) is 58.5. The van der Waals surface area contributed by atoms with Crippen molar-refractivity contribution in [3.8, 4) is 0 Å². The van der Waals surface area contributed by atoms with Crippen LogP contribution in [0.15, 0.2) is 22.7 Å². The molecule has 23 heavy (non-hydrogen) atoms. The Morgan fingerprint density at radius 1 is 1.04 bits per heavy atom. The van der Waals surface area contributed by atoms with Crippen molar-refractivity contribution in [2.24, 2.45) is 0 Å². The van der Waals surface area contributed by atoms with Crippen molar-refractivity contribution >= 4 is 45.0 Å². The van der Waals surface area contributed by atoms with Gasteiger partial charge in [0, 0.05) is 10.0 Å². The molecule has 1 rings (SSSR count). The lowest BCUT2D eigenvalue weighted by molar-refractivity contribution is -0.157. The zero-order chi connectivity index (χ0) is 17.7. The molecule has 0 fully saturated rings. The van der Waals surface area contributed by atoms with Crippen LogP contribution in [0.4, 0.5) is 0 Å². The lowest BCUT2D eigenvalue weighted by atomic mass is 9.92. The van der Waals surface area contributed by atoms with Crippen LogP contribution in [0.3, 0.4) is 0 Å². The van der Waals surface area contributed by atoms with E-state index in [9.17, 15) is 24.0 Å². The second-order valence-corrected chi connectivity index (χ2v) is 5.84. The van der Waals surface area contributed by atoms with E-state index in [4.69, 9.17) is 0 Å². The fourth-order valence-electron chi connectivity index (χ4n) is 1.84. The number of rotatable bonds is 7. The first kappa shape index (κ1) is 18.9. The van der Waals surface area contributed by atoms with E-state index in [0.29, 0.717) is 10.0 Å². The second-order valence-electron chi connectivity index (χ2n) is 4.92. The zero-order valence-corrected chi connectivity index (χ0v) is 14.4. The summed E-state index contributed by atoms with van der Waals surface area (Å²) in [5.41, 5.74) is 0.576. The predicted molar refractivity (Wildman–Crippen MR) is 84.2 cm³/mol. The van der Waals surface area contributed by atoms with Crippen LogP contribution in [0.25, 0.3) is 0 Å². The fraction of sp³-hybridized carbons (Fsp3) is 0.312. The van der Waals surface area contributed by atoms with Gasteiger partial charge in [-0.25, -0.2) is 4.79 Å². The minimum absolute atomic E-state index is 0.0261. The average molecular weight is 383 g/mol. The SMILES string of the molecule is CCOC(=O)C(=O)C(=O)C(=O)C(=O)c1ccc(Br)cc1C(C)C. The molecule has 0 radical (unpaired) electrons. The highest BCUT2D eigenvalue weighted by Crippen LogP contribution is 2.24. The number of benzene rings is 1. The van der Waals surface area contributed by atoms with E-state index >= 15 is 0 Å². The number of carbonyl (C=O) groups is 5. The van der Waals surface area contributed by atoms with Gasteiger partial charge in [-0.05, 0) is 36.6 Å². The summed E-state index contributed by atoms with van der Waals surface area (Å²) in [7, 11) is 0. The molecule has 0 saturated carbocycles. The van der Waals surface area contributed by atoms with Crippen LogP contribution in [0.2, 0.25) is 0 Å². The number of halogens is 1. The Labute approximate surface area is 141 Å². The highest BCUT2D eigenvalue weighted by atomic mass is 79.9. The molecule has 1 aromatic rings. The van der Waals surface area contributed by atoms with E-state index in [0.717, 1.165) is 0 Å². The molecule has 0 aromatic heterocycles. The van der Waals surface area contributed by atoms with Crippen molar-refractivity contribution in [3.05, 3.63) is 33.8 Å². The van der Waals surface area contributed by atoms with Crippen LogP contribution >= 0.6 is 15.9 Å². The molecule has 0 N–H and O–H groups in total. The summed E-state index contributed by atoms with van der Waals surface area (Å²) >= 11 is 3.26. The van der Waals surface area contributed by atoms with Crippen LogP contribution in [-0.2, 0) is 23.9 Å². The fourth-order valence-corrected chi connectivity index (χ4v) is 2.21. The van der Waals surface area contributed by atoms with E-state index < -0.39 is 29.1 Å². The molecule has 7 heteroatoms. The van der Waals surface area contributed by atoms with Crippen molar-refractivity contribution in [3.63, 3.8) is 0 Å². The molecule has 1 aromatic carbocycles. The Bertz CT molecular complexity index is 690. The smallest absolute Gasteiger partial charge is 0.383 e. The van der Waals surface area contributed by atoms with Crippen LogP contribution in [0.5, 0.6) is 0 Å². The molecule has 0 aliphatic heterocycles. The number of ketones is 4. The Kier molecular flexibility index (Phi) is 6.50. The van der Waals surface area contributed by atoms with Crippen LogP contribution in [0, 0.1) is 0 Å². The minimum atomic E-state index is -1.69. The summed E-state index contributed by atoms with van der Waals surface area (Å²) in [6, 6.07) is 4.59. The molecule has 0 unspecified atom stereocenters. The van der Waals surface area contributed by atoms with Crippen LogP contribution in [-0.4, -0.2) is 35.7 Å². The second kappa shape index (κ2) is 7.92. The van der Waals surface area contributed by atoms with Crippen molar-refractivity contribution < 1.29 is 28.7 Å². The molecule has 0 spiro atoms. The van der Waals surface area contributed by atoms with Gasteiger partial charge in [-0.1, -0.05) is 29.8 Å². The van der Waals surface area contributed by atoms with Crippen molar-refractivity contribution in [2.45, 2.75) is 26.7 Å². The molecular weight excluding hydrogens is 368 g/mol. The highest BCUT2D eigenvalue weighted by Gasteiger charge is 2.35. The third-order valence-electron chi connectivity index (χ3n) is 2.96. The van der Waals surface area contributed by atoms with Crippen molar-refractivity contribution in [1.82, 2.24) is 0 Å². The number of hydrogen-bond donors (Lipinski definition) is 0. The third-order valence-corrected chi connectivity index (χ3v) is 3.45. The first-order chi connectivity index (χ1) is 10.7. The first-order valence-corrected chi connectivity index (χ1v) is 7.63. The number of Topliss-reactive ketones (excluding diaryl/α,β-unsaturated/α-hetero) is 4. The van der Waals surface area contributed by atoms with Crippen LogP contribution in [0.1, 0.15) is 42.6 Å². The topological polar surface area (TPSA) is 94.6 Å². The van der Waals surface area contributed by atoms with E-state index in [2.05, 4.69) is 20.7 Å². The van der Waals surface area contributed by atoms with E-state index in [1.807, 2.05) is 13.8 Å². The summed E-state index contributed by atoms with van der Waals surface area (Å²) in [5, 5.41) is 0. The number of carbonyl (C=O) groups excluding carboxylic acids is 5.